The molecule has 3 heteroatoms. The molecule has 0 fully saturated rings. The van der Waals surface area contributed by atoms with Gasteiger partial charge in [-0.3, -0.25) is 4.98 Å². The van der Waals surface area contributed by atoms with Crippen molar-refractivity contribution in [2.75, 3.05) is 6.61 Å². The van der Waals surface area contributed by atoms with Gasteiger partial charge in [0.1, 0.15) is 0 Å². The minimum atomic E-state index is -0.311. The average molecular weight is 191 g/mol. The number of carbonyl (C=O) groups is 1. The fourth-order valence-electron chi connectivity index (χ4n) is 0.889. The van der Waals surface area contributed by atoms with E-state index in [1.54, 1.807) is 24.5 Å². The molecular formula is C11H13NO2. The van der Waals surface area contributed by atoms with Crippen molar-refractivity contribution in [2.45, 2.75) is 13.3 Å². The van der Waals surface area contributed by atoms with Crippen molar-refractivity contribution in [1.82, 2.24) is 4.98 Å². The normalized spacial score (nSPS) is 9.50. The first-order valence-corrected chi connectivity index (χ1v) is 4.41. The zero-order chi connectivity index (χ0) is 10.4. The summed E-state index contributed by atoms with van der Waals surface area (Å²) in [7, 11) is 0. The lowest BCUT2D eigenvalue weighted by atomic mass is 10.2. The molecule has 0 aliphatic carbocycles. The zero-order valence-corrected chi connectivity index (χ0v) is 8.19. The molecule has 0 radical (unpaired) electrons. The summed E-state index contributed by atoms with van der Waals surface area (Å²) in [6.07, 6.45) is 3.83. The number of ether oxygens (including phenoxy) is 1. The Morgan fingerprint density at radius 2 is 2.14 bits per heavy atom. The molecular weight excluding hydrogens is 178 g/mol. The average Bonchev–Trinajstić information content (AvgIpc) is 2.18. The van der Waals surface area contributed by atoms with Crippen molar-refractivity contribution in [3.8, 4) is 0 Å². The third-order valence-corrected chi connectivity index (χ3v) is 1.68. The fourth-order valence-corrected chi connectivity index (χ4v) is 0.889. The molecule has 0 atom stereocenters. The van der Waals surface area contributed by atoms with Crippen LogP contribution in [0.3, 0.4) is 0 Å². The summed E-state index contributed by atoms with van der Waals surface area (Å²) in [5, 5.41) is 0. The fraction of sp³-hybridized carbons (Fsp3) is 0.273. The Bertz CT molecular complexity index is 319. The highest BCUT2D eigenvalue weighted by Gasteiger charge is 2.04. The standard InChI is InChI=1S/C11H13NO2/c1-9(2)5-8-14-11(13)10-3-6-12-7-4-10/h3-4,6-7H,1,5,8H2,2H3. The monoisotopic (exact) mass is 191 g/mol. The number of esters is 1. The van der Waals surface area contributed by atoms with Gasteiger partial charge in [-0.15, -0.1) is 6.58 Å². The van der Waals surface area contributed by atoms with Crippen LogP contribution in [0.15, 0.2) is 36.7 Å². The van der Waals surface area contributed by atoms with Crippen LogP contribution in [0.5, 0.6) is 0 Å². The molecule has 0 N–H and O–H groups in total. The van der Waals surface area contributed by atoms with Crippen LogP contribution in [0.25, 0.3) is 0 Å². The van der Waals surface area contributed by atoms with Crippen molar-refractivity contribution in [3.63, 3.8) is 0 Å². The molecule has 0 saturated carbocycles. The van der Waals surface area contributed by atoms with Gasteiger partial charge in [0.05, 0.1) is 12.2 Å². The van der Waals surface area contributed by atoms with Crippen LogP contribution >= 0.6 is 0 Å². The van der Waals surface area contributed by atoms with Gasteiger partial charge in [0, 0.05) is 18.8 Å². The van der Waals surface area contributed by atoms with E-state index in [0.29, 0.717) is 18.6 Å². The second kappa shape index (κ2) is 5.17. The largest absolute Gasteiger partial charge is 0.462 e. The summed E-state index contributed by atoms with van der Waals surface area (Å²) in [6, 6.07) is 3.26. The highest BCUT2D eigenvalue weighted by molar-refractivity contribution is 5.89. The molecule has 0 amide bonds. The van der Waals surface area contributed by atoms with Crippen molar-refractivity contribution in [2.24, 2.45) is 0 Å². The summed E-state index contributed by atoms with van der Waals surface area (Å²) < 4.78 is 5.01. The summed E-state index contributed by atoms with van der Waals surface area (Å²) in [5.41, 5.74) is 1.54. The van der Waals surface area contributed by atoms with Gasteiger partial charge in [0.15, 0.2) is 0 Å². The van der Waals surface area contributed by atoms with Gasteiger partial charge in [-0.1, -0.05) is 5.57 Å². The van der Waals surface area contributed by atoms with Crippen LogP contribution in [-0.4, -0.2) is 17.6 Å². The lowest BCUT2D eigenvalue weighted by molar-refractivity contribution is 0.0509. The molecule has 0 bridgehead atoms. The second-order valence-corrected chi connectivity index (χ2v) is 3.08. The van der Waals surface area contributed by atoms with Crippen LogP contribution in [0, 0.1) is 0 Å². The number of pyridine rings is 1. The molecule has 0 saturated heterocycles. The van der Waals surface area contributed by atoms with E-state index in [9.17, 15) is 4.79 Å². The van der Waals surface area contributed by atoms with Crippen molar-refractivity contribution >= 4 is 5.97 Å². The molecule has 0 aliphatic rings. The zero-order valence-electron chi connectivity index (χ0n) is 8.19. The molecule has 0 aliphatic heterocycles. The first-order valence-electron chi connectivity index (χ1n) is 4.41. The molecule has 1 rings (SSSR count). The molecule has 0 spiro atoms. The third-order valence-electron chi connectivity index (χ3n) is 1.68. The maximum atomic E-state index is 11.3. The van der Waals surface area contributed by atoms with Crippen LogP contribution in [-0.2, 0) is 4.74 Å². The number of rotatable bonds is 4. The predicted molar refractivity (Wildman–Crippen MR) is 54.0 cm³/mol. The lowest BCUT2D eigenvalue weighted by Gasteiger charge is -2.03. The van der Waals surface area contributed by atoms with E-state index in [2.05, 4.69) is 11.6 Å². The Hall–Kier alpha value is -1.64. The van der Waals surface area contributed by atoms with Gasteiger partial charge in [-0.05, 0) is 19.1 Å². The highest BCUT2D eigenvalue weighted by Crippen LogP contribution is 2.01. The van der Waals surface area contributed by atoms with Crippen LogP contribution in [0.1, 0.15) is 23.7 Å². The van der Waals surface area contributed by atoms with Gasteiger partial charge in [-0.25, -0.2) is 4.79 Å². The maximum Gasteiger partial charge on any atom is 0.338 e. The van der Waals surface area contributed by atoms with Crippen LogP contribution in [0.4, 0.5) is 0 Å². The summed E-state index contributed by atoms with van der Waals surface area (Å²) in [5.74, 6) is -0.311. The van der Waals surface area contributed by atoms with E-state index in [4.69, 9.17) is 4.74 Å². The summed E-state index contributed by atoms with van der Waals surface area (Å²) in [4.78, 5) is 15.2. The van der Waals surface area contributed by atoms with Crippen molar-refractivity contribution < 1.29 is 9.53 Å². The van der Waals surface area contributed by atoms with Gasteiger partial charge in [-0.2, -0.15) is 0 Å². The Morgan fingerprint density at radius 1 is 1.50 bits per heavy atom. The van der Waals surface area contributed by atoms with Crippen LogP contribution < -0.4 is 0 Å². The number of carbonyl (C=O) groups excluding carboxylic acids is 1. The van der Waals surface area contributed by atoms with E-state index < -0.39 is 0 Å². The maximum absolute atomic E-state index is 11.3. The van der Waals surface area contributed by atoms with Gasteiger partial charge < -0.3 is 4.74 Å². The molecule has 0 unspecified atom stereocenters. The van der Waals surface area contributed by atoms with E-state index >= 15 is 0 Å². The topological polar surface area (TPSA) is 39.2 Å². The first-order chi connectivity index (χ1) is 6.70. The predicted octanol–water partition coefficient (Wildman–Crippen LogP) is 2.20. The highest BCUT2D eigenvalue weighted by atomic mass is 16.5. The van der Waals surface area contributed by atoms with Crippen LogP contribution in [0.2, 0.25) is 0 Å². The summed E-state index contributed by atoms with van der Waals surface area (Å²) in [6.45, 7) is 6.01. The quantitative estimate of drug-likeness (QED) is 0.541. The van der Waals surface area contributed by atoms with Gasteiger partial charge >= 0.3 is 5.97 Å². The molecule has 14 heavy (non-hydrogen) atoms. The Balaban J connectivity index is 2.40. The summed E-state index contributed by atoms with van der Waals surface area (Å²) >= 11 is 0. The van der Waals surface area contributed by atoms with Crippen molar-refractivity contribution in [1.29, 1.82) is 0 Å². The smallest absolute Gasteiger partial charge is 0.338 e. The van der Waals surface area contributed by atoms with Crippen molar-refractivity contribution in [3.05, 3.63) is 42.2 Å². The lowest BCUT2D eigenvalue weighted by Crippen LogP contribution is -2.06. The van der Waals surface area contributed by atoms with E-state index in [-0.39, 0.29) is 5.97 Å². The SMILES string of the molecule is C=C(C)CCOC(=O)c1ccncc1. The van der Waals surface area contributed by atoms with Gasteiger partial charge in [0.25, 0.3) is 0 Å². The Morgan fingerprint density at radius 3 is 2.71 bits per heavy atom. The molecule has 1 heterocycles. The molecule has 3 nitrogen and oxygen atoms in total. The molecule has 1 aromatic rings. The van der Waals surface area contributed by atoms with Gasteiger partial charge in [0.2, 0.25) is 0 Å². The van der Waals surface area contributed by atoms with E-state index in [1.165, 1.54) is 0 Å². The number of nitrogens with zero attached hydrogens (tertiary/aromatic N) is 1. The second-order valence-electron chi connectivity index (χ2n) is 3.08. The minimum absolute atomic E-state index is 0.311. The van der Waals surface area contributed by atoms with E-state index in [0.717, 1.165) is 5.57 Å². The number of aromatic nitrogens is 1. The molecule has 74 valence electrons. The minimum Gasteiger partial charge on any atom is -0.462 e. The van der Waals surface area contributed by atoms with E-state index in [1.807, 2.05) is 6.92 Å². The molecule has 0 aromatic carbocycles. The first kappa shape index (κ1) is 10.4. The molecule has 1 aromatic heterocycles. The Labute approximate surface area is 83.4 Å². The Kier molecular flexibility index (Phi) is 3.85. The third kappa shape index (κ3) is 3.39. The number of hydrogen-bond acceptors (Lipinski definition) is 3. The number of hydrogen-bond donors (Lipinski definition) is 0.